The van der Waals surface area contributed by atoms with Crippen molar-refractivity contribution in [3.8, 4) is 14.8 Å². The predicted octanol–water partition coefficient (Wildman–Crippen LogP) is 1.00. The van der Waals surface area contributed by atoms with Crippen LogP contribution in [0.1, 0.15) is 0 Å². The van der Waals surface area contributed by atoms with E-state index in [1.54, 1.807) is 17.4 Å². The Labute approximate surface area is 94.9 Å². The van der Waals surface area contributed by atoms with Crippen molar-refractivity contribution in [1.82, 2.24) is 0 Å². The molecule has 7 heteroatoms. The Kier molecular flexibility index (Phi) is 4.31. The number of thiophene rings is 2. The lowest BCUT2D eigenvalue weighted by Crippen LogP contribution is -2.19. The zero-order chi connectivity index (χ0) is 9.97. The SMILES string of the molecule is O.OB(O)Oc1ccc(-c2cccs2)s1. The predicted molar refractivity (Wildman–Crippen MR) is 62.1 cm³/mol. The second-order valence-electron chi connectivity index (χ2n) is 2.54. The normalized spacial score (nSPS) is 9.47. The molecule has 4 nitrogen and oxygen atoms in total. The molecule has 0 spiro atoms. The summed E-state index contributed by atoms with van der Waals surface area (Å²) in [4.78, 5) is 2.22. The molecule has 0 bridgehead atoms. The summed E-state index contributed by atoms with van der Waals surface area (Å²) >= 11 is 3.03. The zero-order valence-corrected chi connectivity index (χ0v) is 9.22. The summed E-state index contributed by atoms with van der Waals surface area (Å²) in [7, 11) is -1.75. The molecular formula is C8H9BO4S2. The van der Waals surface area contributed by atoms with Crippen molar-refractivity contribution in [2.75, 3.05) is 0 Å². The van der Waals surface area contributed by atoms with Crippen molar-refractivity contribution in [2.45, 2.75) is 0 Å². The van der Waals surface area contributed by atoms with E-state index in [4.69, 9.17) is 14.7 Å². The van der Waals surface area contributed by atoms with E-state index in [9.17, 15) is 0 Å². The van der Waals surface area contributed by atoms with E-state index in [0.717, 1.165) is 9.75 Å². The molecule has 0 atom stereocenters. The molecule has 4 N–H and O–H groups in total. The number of rotatable bonds is 3. The fraction of sp³-hybridized carbons (Fsp3) is 0. The summed E-state index contributed by atoms with van der Waals surface area (Å²) in [5.74, 6) is 0. The van der Waals surface area contributed by atoms with Gasteiger partial charge in [-0.15, -0.1) is 11.3 Å². The molecule has 0 saturated carbocycles. The third-order valence-corrected chi connectivity index (χ3v) is 3.61. The van der Waals surface area contributed by atoms with Crippen LogP contribution in [0.15, 0.2) is 29.6 Å². The highest BCUT2D eigenvalue weighted by molar-refractivity contribution is 7.22. The first-order valence-corrected chi connectivity index (χ1v) is 5.62. The van der Waals surface area contributed by atoms with E-state index in [-0.39, 0.29) is 5.48 Å². The van der Waals surface area contributed by atoms with Gasteiger partial charge in [-0.3, -0.25) is 0 Å². The van der Waals surface area contributed by atoms with Crippen LogP contribution in [0.4, 0.5) is 0 Å². The van der Waals surface area contributed by atoms with E-state index in [2.05, 4.69) is 0 Å². The Morgan fingerprint density at radius 3 is 2.53 bits per heavy atom. The van der Waals surface area contributed by atoms with Crippen LogP contribution in [0.25, 0.3) is 9.75 Å². The van der Waals surface area contributed by atoms with E-state index in [1.807, 2.05) is 23.6 Å². The van der Waals surface area contributed by atoms with E-state index >= 15 is 0 Å². The van der Waals surface area contributed by atoms with Crippen molar-refractivity contribution in [2.24, 2.45) is 0 Å². The molecule has 0 unspecified atom stereocenters. The summed E-state index contributed by atoms with van der Waals surface area (Å²) in [5, 5.41) is 19.7. The van der Waals surface area contributed by atoms with Gasteiger partial charge in [0.15, 0.2) is 5.06 Å². The Hall–Kier alpha value is -0.855. The minimum Gasteiger partial charge on any atom is -0.504 e. The van der Waals surface area contributed by atoms with Gasteiger partial charge in [0.25, 0.3) is 0 Å². The lowest BCUT2D eigenvalue weighted by atomic mass is 10.3. The van der Waals surface area contributed by atoms with Crippen molar-refractivity contribution >= 4 is 30.0 Å². The summed E-state index contributed by atoms with van der Waals surface area (Å²) < 4.78 is 4.73. The molecule has 0 aliphatic rings. The molecule has 0 radical (unpaired) electrons. The van der Waals surface area contributed by atoms with Gasteiger partial charge in [0.05, 0.1) is 0 Å². The molecule has 0 aliphatic carbocycles. The molecule has 0 aliphatic heterocycles. The standard InChI is InChI=1S/C8H7BO3S2.H2O/c10-9(11)12-8-4-3-7(14-8)6-2-1-5-13-6;/h1-5,10-11H;1H2. The first-order chi connectivity index (χ1) is 6.75. The van der Waals surface area contributed by atoms with Crippen LogP contribution in [0.5, 0.6) is 5.06 Å². The molecular weight excluding hydrogens is 235 g/mol. The topological polar surface area (TPSA) is 81.2 Å². The maximum Gasteiger partial charge on any atom is 0.708 e. The average Bonchev–Trinajstić information content (AvgIpc) is 2.69. The monoisotopic (exact) mass is 244 g/mol. The van der Waals surface area contributed by atoms with Gasteiger partial charge >= 0.3 is 7.32 Å². The summed E-state index contributed by atoms with van der Waals surface area (Å²) in [6.45, 7) is 0. The van der Waals surface area contributed by atoms with Gasteiger partial charge in [-0.25, -0.2) is 0 Å². The minimum atomic E-state index is -1.75. The van der Waals surface area contributed by atoms with Crippen LogP contribution in [0.2, 0.25) is 0 Å². The van der Waals surface area contributed by atoms with E-state index in [0.29, 0.717) is 5.06 Å². The summed E-state index contributed by atoms with van der Waals surface area (Å²) in [5.41, 5.74) is 0. The van der Waals surface area contributed by atoms with Gasteiger partial charge in [0.2, 0.25) is 0 Å². The van der Waals surface area contributed by atoms with E-state index < -0.39 is 7.32 Å². The largest absolute Gasteiger partial charge is 0.708 e. The molecule has 2 rings (SSSR count). The maximum atomic E-state index is 8.59. The fourth-order valence-electron chi connectivity index (χ4n) is 1.04. The molecule has 0 aromatic carbocycles. The van der Waals surface area contributed by atoms with Gasteiger partial charge < -0.3 is 20.2 Å². The molecule has 2 heterocycles. The quantitative estimate of drug-likeness (QED) is 0.790. The van der Waals surface area contributed by atoms with Crippen molar-refractivity contribution in [1.29, 1.82) is 0 Å². The highest BCUT2D eigenvalue weighted by atomic mass is 32.1. The van der Waals surface area contributed by atoms with Crippen LogP contribution < -0.4 is 4.65 Å². The Morgan fingerprint density at radius 2 is 1.93 bits per heavy atom. The van der Waals surface area contributed by atoms with Gasteiger partial charge in [0, 0.05) is 9.75 Å². The molecule has 15 heavy (non-hydrogen) atoms. The number of hydrogen-bond acceptors (Lipinski definition) is 5. The Bertz CT molecular complexity index is 398. The lowest BCUT2D eigenvalue weighted by molar-refractivity contribution is 0.292. The Morgan fingerprint density at radius 1 is 1.13 bits per heavy atom. The van der Waals surface area contributed by atoms with Crippen LogP contribution >= 0.6 is 22.7 Å². The average molecular weight is 244 g/mol. The zero-order valence-electron chi connectivity index (χ0n) is 7.58. The summed E-state index contributed by atoms with van der Waals surface area (Å²) in [6.07, 6.45) is 0. The molecule has 2 aromatic heterocycles. The third kappa shape index (κ3) is 3.05. The van der Waals surface area contributed by atoms with Gasteiger partial charge in [-0.05, 0) is 23.6 Å². The molecule has 2 aromatic rings. The van der Waals surface area contributed by atoms with Gasteiger partial charge in [0.1, 0.15) is 0 Å². The smallest absolute Gasteiger partial charge is 0.504 e. The van der Waals surface area contributed by atoms with Crippen LogP contribution in [0, 0.1) is 0 Å². The van der Waals surface area contributed by atoms with Crippen LogP contribution in [-0.2, 0) is 0 Å². The molecule has 0 saturated heterocycles. The Balaban J connectivity index is 0.00000112. The minimum absolute atomic E-state index is 0. The van der Waals surface area contributed by atoms with Crippen LogP contribution in [0.3, 0.4) is 0 Å². The summed E-state index contributed by atoms with van der Waals surface area (Å²) in [6, 6.07) is 7.60. The molecule has 80 valence electrons. The third-order valence-electron chi connectivity index (χ3n) is 1.57. The van der Waals surface area contributed by atoms with Gasteiger partial charge in [-0.1, -0.05) is 17.4 Å². The van der Waals surface area contributed by atoms with E-state index in [1.165, 1.54) is 11.3 Å². The highest BCUT2D eigenvalue weighted by Gasteiger charge is 2.13. The van der Waals surface area contributed by atoms with Crippen molar-refractivity contribution in [3.63, 3.8) is 0 Å². The van der Waals surface area contributed by atoms with Gasteiger partial charge in [-0.2, -0.15) is 0 Å². The van der Waals surface area contributed by atoms with Crippen molar-refractivity contribution in [3.05, 3.63) is 29.6 Å². The second kappa shape index (κ2) is 5.29. The fourth-order valence-corrected chi connectivity index (χ4v) is 2.74. The second-order valence-corrected chi connectivity index (χ2v) is 4.53. The maximum absolute atomic E-state index is 8.59. The van der Waals surface area contributed by atoms with Crippen LogP contribution in [-0.4, -0.2) is 22.8 Å². The number of hydrogen-bond donors (Lipinski definition) is 2. The first-order valence-electron chi connectivity index (χ1n) is 3.92. The first kappa shape index (κ1) is 12.2. The molecule has 0 amide bonds. The molecule has 0 fully saturated rings. The van der Waals surface area contributed by atoms with Crippen molar-refractivity contribution < 1.29 is 20.2 Å². The highest BCUT2D eigenvalue weighted by Crippen LogP contribution is 2.35. The lowest BCUT2D eigenvalue weighted by Gasteiger charge is -1.98.